The van der Waals surface area contributed by atoms with Crippen LogP contribution in [0.3, 0.4) is 0 Å². The van der Waals surface area contributed by atoms with E-state index >= 15 is 0 Å². The van der Waals surface area contributed by atoms with Crippen molar-refractivity contribution in [3.05, 3.63) is 80.5 Å². The SMILES string of the molecule is Cc1ccc(NC(=O)c2sc3nc(-c4ccccc4)[nH]c(=O)c3c2C)c(C)c1. The van der Waals surface area contributed by atoms with Gasteiger partial charge in [-0.1, -0.05) is 48.0 Å². The first-order valence-electron chi connectivity index (χ1n) is 8.91. The van der Waals surface area contributed by atoms with E-state index in [1.165, 1.54) is 11.3 Å². The number of aromatic nitrogens is 2. The third-order valence-electron chi connectivity index (χ3n) is 4.68. The standard InChI is InChI=1S/C22H19N3O2S/c1-12-9-10-16(13(2)11-12)23-21(27)18-14(3)17-20(26)24-19(25-22(17)28-18)15-7-5-4-6-8-15/h4-11H,1-3H3,(H,23,27)(H,24,25,26). The number of hydrogen-bond donors (Lipinski definition) is 2. The number of aromatic amines is 1. The lowest BCUT2D eigenvalue weighted by molar-refractivity contribution is 0.103. The summed E-state index contributed by atoms with van der Waals surface area (Å²) in [5.41, 5.74) is 4.14. The highest BCUT2D eigenvalue weighted by Crippen LogP contribution is 2.29. The van der Waals surface area contributed by atoms with Crippen molar-refractivity contribution in [2.75, 3.05) is 5.32 Å². The van der Waals surface area contributed by atoms with Crippen LogP contribution >= 0.6 is 11.3 Å². The lowest BCUT2D eigenvalue weighted by Crippen LogP contribution is -2.13. The number of carbonyl (C=O) groups excluding carboxylic acids is 1. The Bertz CT molecular complexity index is 1260. The van der Waals surface area contributed by atoms with Crippen LogP contribution in [0.1, 0.15) is 26.4 Å². The molecule has 6 heteroatoms. The van der Waals surface area contributed by atoms with E-state index in [4.69, 9.17) is 0 Å². The van der Waals surface area contributed by atoms with E-state index < -0.39 is 0 Å². The van der Waals surface area contributed by atoms with Crippen molar-refractivity contribution in [2.45, 2.75) is 20.8 Å². The Balaban J connectivity index is 1.76. The molecule has 2 heterocycles. The number of rotatable bonds is 3. The molecule has 0 aliphatic carbocycles. The molecule has 0 radical (unpaired) electrons. The van der Waals surface area contributed by atoms with E-state index in [1.807, 2.05) is 62.4 Å². The molecule has 0 saturated carbocycles. The molecular weight excluding hydrogens is 370 g/mol. The minimum absolute atomic E-state index is 0.229. The van der Waals surface area contributed by atoms with Crippen molar-refractivity contribution >= 4 is 33.1 Å². The molecule has 2 N–H and O–H groups in total. The van der Waals surface area contributed by atoms with Crippen LogP contribution in [0.4, 0.5) is 5.69 Å². The first-order chi connectivity index (χ1) is 13.4. The minimum atomic E-state index is -0.233. The number of nitrogens with one attached hydrogen (secondary N) is 2. The molecule has 0 bridgehead atoms. The summed E-state index contributed by atoms with van der Waals surface area (Å²) in [5.74, 6) is 0.272. The van der Waals surface area contributed by atoms with Crippen molar-refractivity contribution in [2.24, 2.45) is 0 Å². The summed E-state index contributed by atoms with van der Waals surface area (Å²) < 4.78 is 0. The first-order valence-corrected chi connectivity index (χ1v) is 9.73. The van der Waals surface area contributed by atoms with E-state index in [-0.39, 0.29) is 11.5 Å². The molecule has 4 rings (SSSR count). The molecule has 28 heavy (non-hydrogen) atoms. The van der Waals surface area contributed by atoms with Gasteiger partial charge < -0.3 is 10.3 Å². The second-order valence-corrected chi connectivity index (χ2v) is 7.79. The normalized spacial score (nSPS) is 11.0. The lowest BCUT2D eigenvalue weighted by atomic mass is 10.1. The zero-order valence-corrected chi connectivity index (χ0v) is 16.6. The van der Waals surface area contributed by atoms with Crippen LogP contribution in [0.15, 0.2) is 53.3 Å². The summed E-state index contributed by atoms with van der Waals surface area (Å²) in [7, 11) is 0. The second kappa shape index (κ2) is 7.05. The quantitative estimate of drug-likeness (QED) is 0.527. The molecule has 0 saturated heterocycles. The number of hydrogen-bond acceptors (Lipinski definition) is 4. The van der Waals surface area contributed by atoms with Crippen molar-refractivity contribution in [3.8, 4) is 11.4 Å². The van der Waals surface area contributed by atoms with E-state index in [1.54, 1.807) is 6.92 Å². The monoisotopic (exact) mass is 389 g/mol. The van der Waals surface area contributed by atoms with Crippen LogP contribution in [0.5, 0.6) is 0 Å². The van der Waals surface area contributed by atoms with Crippen LogP contribution in [-0.2, 0) is 0 Å². The Morgan fingerprint density at radius 3 is 2.54 bits per heavy atom. The van der Waals surface area contributed by atoms with E-state index in [9.17, 15) is 9.59 Å². The predicted octanol–water partition coefficient (Wildman–Crippen LogP) is 4.83. The predicted molar refractivity (Wildman–Crippen MR) is 114 cm³/mol. The molecular formula is C22H19N3O2S. The molecule has 1 amide bonds. The maximum atomic E-state index is 12.9. The molecule has 140 valence electrons. The highest BCUT2D eigenvalue weighted by atomic mass is 32.1. The summed E-state index contributed by atoms with van der Waals surface area (Å²) >= 11 is 1.24. The van der Waals surface area contributed by atoms with Gasteiger partial charge in [-0.05, 0) is 38.0 Å². The van der Waals surface area contributed by atoms with Gasteiger partial charge in [-0.25, -0.2) is 4.98 Å². The molecule has 4 aromatic rings. The molecule has 2 aromatic heterocycles. The Kier molecular flexibility index (Phi) is 4.57. The molecule has 0 aliphatic rings. The first kappa shape index (κ1) is 18.1. The zero-order valence-electron chi connectivity index (χ0n) is 15.8. The molecule has 0 atom stereocenters. The van der Waals surface area contributed by atoms with Gasteiger partial charge in [0.05, 0.1) is 10.3 Å². The van der Waals surface area contributed by atoms with Gasteiger partial charge in [0.15, 0.2) is 0 Å². The van der Waals surface area contributed by atoms with Gasteiger partial charge in [-0.2, -0.15) is 0 Å². The van der Waals surface area contributed by atoms with Crippen molar-refractivity contribution in [1.29, 1.82) is 0 Å². The van der Waals surface area contributed by atoms with Gasteiger partial charge in [0.2, 0.25) is 0 Å². The van der Waals surface area contributed by atoms with Crippen LogP contribution in [0, 0.1) is 20.8 Å². The topological polar surface area (TPSA) is 74.8 Å². The number of nitrogens with zero attached hydrogens (tertiary/aromatic N) is 1. The van der Waals surface area contributed by atoms with E-state index in [2.05, 4.69) is 15.3 Å². The van der Waals surface area contributed by atoms with Crippen LogP contribution in [0.25, 0.3) is 21.6 Å². The van der Waals surface area contributed by atoms with E-state index in [0.29, 0.717) is 26.5 Å². The van der Waals surface area contributed by atoms with Crippen LogP contribution in [0.2, 0.25) is 0 Å². The fourth-order valence-electron chi connectivity index (χ4n) is 3.23. The van der Waals surface area contributed by atoms with Gasteiger partial charge >= 0.3 is 0 Å². The number of aryl methyl sites for hydroxylation is 3. The Hall–Kier alpha value is -3.25. The van der Waals surface area contributed by atoms with Crippen molar-refractivity contribution < 1.29 is 4.79 Å². The maximum absolute atomic E-state index is 12.9. The number of anilines is 1. The van der Waals surface area contributed by atoms with Crippen LogP contribution in [-0.4, -0.2) is 15.9 Å². The average molecular weight is 389 g/mol. The Labute approximate surface area is 166 Å². The summed E-state index contributed by atoms with van der Waals surface area (Å²) in [4.78, 5) is 34.0. The minimum Gasteiger partial charge on any atom is -0.321 e. The van der Waals surface area contributed by atoms with Gasteiger partial charge in [-0.15, -0.1) is 11.3 Å². The summed E-state index contributed by atoms with van der Waals surface area (Å²) in [5, 5.41) is 3.42. The molecule has 2 aromatic carbocycles. The lowest BCUT2D eigenvalue weighted by Gasteiger charge is -2.08. The highest BCUT2D eigenvalue weighted by Gasteiger charge is 2.20. The van der Waals surface area contributed by atoms with E-state index in [0.717, 1.165) is 22.4 Å². The number of fused-ring (bicyclic) bond motifs is 1. The van der Waals surface area contributed by atoms with Gasteiger partial charge in [0.1, 0.15) is 10.7 Å². The molecule has 5 nitrogen and oxygen atoms in total. The summed E-state index contributed by atoms with van der Waals surface area (Å²) in [6, 6.07) is 15.3. The smallest absolute Gasteiger partial charge is 0.266 e. The van der Waals surface area contributed by atoms with Gasteiger partial charge in [0.25, 0.3) is 11.5 Å². The van der Waals surface area contributed by atoms with Gasteiger partial charge in [-0.3, -0.25) is 9.59 Å². The summed E-state index contributed by atoms with van der Waals surface area (Å²) in [6.45, 7) is 5.75. The Morgan fingerprint density at radius 2 is 1.82 bits per heavy atom. The molecule has 0 spiro atoms. The fourth-order valence-corrected chi connectivity index (χ4v) is 4.30. The fraction of sp³-hybridized carbons (Fsp3) is 0.136. The maximum Gasteiger partial charge on any atom is 0.266 e. The number of amides is 1. The third kappa shape index (κ3) is 3.23. The third-order valence-corrected chi connectivity index (χ3v) is 5.87. The molecule has 0 unspecified atom stereocenters. The van der Waals surface area contributed by atoms with Crippen LogP contribution < -0.4 is 10.9 Å². The Morgan fingerprint density at radius 1 is 1.07 bits per heavy atom. The van der Waals surface area contributed by atoms with Gasteiger partial charge in [0, 0.05) is 11.3 Å². The number of carbonyl (C=O) groups is 1. The number of H-pyrrole nitrogens is 1. The van der Waals surface area contributed by atoms with Crippen molar-refractivity contribution in [1.82, 2.24) is 9.97 Å². The molecule has 0 aliphatic heterocycles. The summed E-state index contributed by atoms with van der Waals surface area (Å²) in [6.07, 6.45) is 0. The number of benzene rings is 2. The average Bonchev–Trinajstić information content (AvgIpc) is 3.02. The zero-order chi connectivity index (χ0) is 19.8. The van der Waals surface area contributed by atoms with Crippen molar-refractivity contribution in [3.63, 3.8) is 0 Å². The number of thiophene rings is 1. The largest absolute Gasteiger partial charge is 0.321 e. The second-order valence-electron chi connectivity index (χ2n) is 6.79. The molecule has 0 fully saturated rings. The highest BCUT2D eigenvalue weighted by molar-refractivity contribution is 7.20.